The summed E-state index contributed by atoms with van der Waals surface area (Å²) in [6, 6.07) is 17.0. The van der Waals surface area contributed by atoms with Gasteiger partial charge in [0.05, 0.1) is 17.5 Å². The zero-order valence-corrected chi connectivity index (χ0v) is 31.8. The first-order chi connectivity index (χ1) is 25.2. The molecule has 52 heavy (non-hydrogen) atoms. The fraction of sp³-hybridized carbons (Fsp3) is 0.439. The van der Waals surface area contributed by atoms with E-state index in [0.717, 1.165) is 56.0 Å². The van der Waals surface area contributed by atoms with Gasteiger partial charge in [-0.2, -0.15) is 10.5 Å². The van der Waals surface area contributed by atoms with Gasteiger partial charge in [-0.3, -0.25) is 14.7 Å². The average Bonchev–Trinajstić information content (AvgIpc) is 3.16. The van der Waals surface area contributed by atoms with Crippen LogP contribution in [0.2, 0.25) is 0 Å². The second-order valence-corrected chi connectivity index (χ2v) is 16.0. The molecule has 11 heteroatoms. The number of amides is 1. The summed E-state index contributed by atoms with van der Waals surface area (Å²) in [5.41, 5.74) is 3.88. The minimum Gasteiger partial charge on any atom is -0.490 e. The van der Waals surface area contributed by atoms with Gasteiger partial charge < -0.3 is 19.3 Å². The van der Waals surface area contributed by atoms with Crippen molar-refractivity contribution >= 4 is 27.6 Å². The summed E-state index contributed by atoms with van der Waals surface area (Å²) in [6.45, 7) is 11.7. The number of carbonyl (C=O) groups excluding carboxylic acids is 1. The van der Waals surface area contributed by atoms with Crippen molar-refractivity contribution in [1.29, 1.82) is 0 Å². The summed E-state index contributed by atoms with van der Waals surface area (Å²) in [6.07, 6.45) is 10.9. The number of carbonyl (C=O) groups is 1. The Kier molecular flexibility index (Phi) is 12.5. The van der Waals surface area contributed by atoms with Gasteiger partial charge in [-0.15, -0.1) is 0 Å². The molecule has 0 saturated carbocycles. The number of rotatable bonds is 13. The van der Waals surface area contributed by atoms with Crippen LogP contribution in [-0.2, 0) is 13.0 Å². The molecule has 2 aliphatic heterocycles. The van der Waals surface area contributed by atoms with Crippen LogP contribution in [0.15, 0.2) is 73.3 Å². The van der Waals surface area contributed by atoms with E-state index in [0.29, 0.717) is 31.2 Å². The summed E-state index contributed by atoms with van der Waals surface area (Å²) in [4.78, 5) is 33.6. The van der Waals surface area contributed by atoms with Gasteiger partial charge in [0, 0.05) is 75.8 Å². The summed E-state index contributed by atoms with van der Waals surface area (Å²) in [5, 5.41) is 2.32. The first kappa shape index (κ1) is 37.4. The van der Waals surface area contributed by atoms with Gasteiger partial charge in [0.1, 0.15) is 29.7 Å². The summed E-state index contributed by atoms with van der Waals surface area (Å²) < 4.78 is 27.6. The standard InChI is InChI=1S/C41H51FN6O3S/c1-6-48(29(3)4)41(49)33-25-31(42)13-14-36(33)51-38-26-43-28-45-40(38)46-21-16-32(17-22-46)50-37-15-20-44-34-18-23-47(27-30-11-9-8-10-12-30)35(39(34)37)19-24-52(5)7-2/h7-15,20,25-26,28-29,32,35H,6,16-19,21-24,27H2,1-5H3. The van der Waals surface area contributed by atoms with Gasteiger partial charge in [-0.25, -0.2) is 14.4 Å². The van der Waals surface area contributed by atoms with Gasteiger partial charge in [-0.05, 0) is 76.0 Å². The van der Waals surface area contributed by atoms with Crippen LogP contribution in [0.3, 0.4) is 0 Å². The van der Waals surface area contributed by atoms with Gasteiger partial charge >= 0.3 is 0 Å². The molecule has 2 unspecified atom stereocenters. The van der Waals surface area contributed by atoms with E-state index in [1.165, 1.54) is 35.7 Å². The van der Waals surface area contributed by atoms with Crippen molar-refractivity contribution in [3.05, 3.63) is 102 Å². The number of piperidine rings is 1. The number of pyridine rings is 1. The number of nitrogens with zero attached hydrogens (tertiary/aromatic N) is 6. The van der Waals surface area contributed by atoms with E-state index in [-0.39, 0.29) is 45.9 Å². The molecule has 1 fully saturated rings. The SMILES string of the molecule is C/C=S(/C)CCC1c2c(OC3CCN(c4ncncc4Oc4ccc(F)cc4C(=O)N(CC)C(C)C)CC3)ccnc2CCN1Cc1ccccc1. The van der Waals surface area contributed by atoms with Crippen LogP contribution in [0.5, 0.6) is 17.2 Å². The fourth-order valence-corrected chi connectivity index (χ4v) is 8.08. The summed E-state index contributed by atoms with van der Waals surface area (Å²) >= 11 is 0. The third-order valence-corrected chi connectivity index (χ3v) is 11.8. The van der Waals surface area contributed by atoms with Crippen molar-refractivity contribution in [2.75, 3.05) is 43.1 Å². The molecule has 0 radical (unpaired) electrons. The monoisotopic (exact) mass is 726 g/mol. The van der Waals surface area contributed by atoms with Crippen LogP contribution in [0, 0.1) is 5.82 Å². The Balaban J connectivity index is 1.18. The molecule has 0 N–H and O–H groups in total. The van der Waals surface area contributed by atoms with E-state index in [2.05, 4.69) is 74.7 Å². The van der Waals surface area contributed by atoms with Crippen LogP contribution in [0.25, 0.3) is 0 Å². The van der Waals surface area contributed by atoms with Crippen LogP contribution in [0.1, 0.15) is 80.2 Å². The van der Waals surface area contributed by atoms with Gasteiger partial charge in [0.25, 0.3) is 5.91 Å². The van der Waals surface area contributed by atoms with E-state index in [9.17, 15) is 9.18 Å². The molecule has 1 amide bonds. The molecule has 0 spiro atoms. The number of hydrogen-bond donors (Lipinski definition) is 0. The molecular formula is C41H51FN6O3S. The Morgan fingerprint density at radius 3 is 2.58 bits per heavy atom. The Bertz CT molecular complexity index is 1850. The lowest BCUT2D eigenvalue weighted by Crippen LogP contribution is -2.40. The largest absolute Gasteiger partial charge is 0.490 e. The van der Waals surface area contributed by atoms with Crippen molar-refractivity contribution < 1.29 is 18.7 Å². The Labute approximate surface area is 310 Å². The molecule has 2 atom stereocenters. The fourth-order valence-electron chi connectivity index (χ4n) is 7.25. The van der Waals surface area contributed by atoms with Gasteiger partial charge in [0.2, 0.25) is 0 Å². The highest BCUT2D eigenvalue weighted by Crippen LogP contribution is 2.41. The molecule has 1 saturated heterocycles. The van der Waals surface area contributed by atoms with E-state index < -0.39 is 5.82 Å². The highest BCUT2D eigenvalue weighted by Gasteiger charge is 2.33. The van der Waals surface area contributed by atoms with Crippen LogP contribution in [-0.4, -0.2) is 86.4 Å². The highest BCUT2D eigenvalue weighted by atomic mass is 32.2. The maximum atomic E-state index is 14.4. The van der Waals surface area contributed by atoms with Crippen molar-refractivity contribution in [3.8, 4) is 17.2 Å². The van der Waals surface area contributed by atoms with Crippen molar-refractivity contribution in [2.24, 2.45) is 0 Å². The quantitative estimate of drug-likeness (QED) is 0.129. The van der Waals surface area contributed by atoms with Gasteiger partial charge in [-0.1, -0.05) is 35.7 Å². The number of hydrogen-bond acceptors (Lipinski definition) is 8. The summed E-state index contributed by atoms with van der Waals surface area (Å²) in [7, 11) is 0.249. The third kappa shape index (κ3) is 8.81. The molecule has 4 heterocycles. The molecule has 6 rings (SSSR count). The third-order valence-electron chi connectivity index (χ3n) is 10.1. The average molecular weight is 727 g/mol. The zero-order chi connectivity index (χ0) is 36.6. The first-order valence-electron chi connectivity index (χ1n) is 18.4. The van der Waals surface area contributed by atoms with Crippen molar-refractivity contribution in [2.45, 2.75) is 78.1 Å². The molecule has 9 nitrogen and oxygen atoms in total. The molecule has 4 aromatic rings. The van der Waals surface area contributed by atoms with E-state index in [1.54, 1.807) is 11.1 Å². The second-order valence-electron chi connectivity index (χ2n) is 13.8. The minimum absolute atomic E-state index is 0.0289. The zero-order valence-electron chi connectivity index (χ0n) is 31.0. The number of ether oxygens (including phenoxy) is 2. The van der Waals surface area contributed by atoms with Crippen molar-refractivity contribution in [1.82, 2.24) is 24.8 Å². The minimum atomic E-state index is -0.498. The smallest absolute Gasteiger partial charge is 0.257 e. The number of benzene rings is 2. The van der Waals surface area contributed by atoms with Crippen LogP contribution >= 0.6 is 10.5 Å². The topological polar surface area (TPSA) is 83.9 Å². The molecule has 2 aromatic carbocycles. The first-order valence-corrected chi connectivity index (χ1v) is 20.3. The van der Waals surface area contributed by atoms with Crippen LogP contribution < -0.4 is 14.4 Å². The lowest BCUT2D eigenvalue weighted by atomic mass is 9.93. The van der Waals surface area contributed by atoms with E-state index >= 15 is 0 Å². The maximum absolute atomic E-state index is 14.4. The predicted octanol–water partition coefficient (Wildman–Crippen LogP) is 7.93. The summed E-state index contributed by atoms with van der Waals surface area (Å²) in [5.74, 6) is 2.61. The van der Waals surface area contributed by atoms with E-state index in [1.807, 2.05) is 27.0 Å². The number of aromatic nitrogens is 3. The van der Waals surface area contributed by atoms with E-state index in [4.69, 9.17) is 14.5 Å². The lowest BCUT2D eigenvalue weighted by molar-refractivity contribution is 0.0713. The highest BCUT2D eigenvalue weighted by molar-refractivity contribution is 8.14. The molecule has 0 bridgehead atoms. The molecule has 2 aliphatic rings. The molecular weight excluding hydrogens is 676 g/mol. The Hall–Kier alpha value is -4.35. The molecule has 276 valence electrons. The van der Waals surface area contributed by atoms with Crippen LogP contribution in [0.4, 0.5) is 10.2 Å². The molecule has 0 aliphatic carbocycles. The lowest BCUT2D eigenvalue weighted by Gasteiger charge is -2.39. The Morgan fingerprint density at radius 2 is 1.85 bits per heavy atom. The second kappa shape index (κ2) is 17.4. The normalized spacial score (nSPS) is 17.2. The Morgan fingerprint density at radius 1 is 1.06 bits per heavy atom. The van der Waals surface area contributed by atoms with Gasteiger partial charge in [0.15, 0.2) is 11.6 Å². The number of halogens is 1. The molecule has 2 aromatic heterocycles. The number of fused-ring (bicyclic) bond motifs is 1. The predicted molar refractivity (Wildman–Crippen MR) is 208 cm³/mol. The maximum Gasteiger partial charge on any atom is 0.257 e. The number of anilines is 1. The van der Waals surface area contributed by atoms with Crippen molar-refractivity contribution in [3.63, 3.8) is 0 Å².